The predicted molar refractivity (Wildman–Crippen MR) is 73.2 cm³/mol. The molecule has 0 spiro atoms. The van der Waals surface area contributed by atoms with Crippen molar-refractivity contribution >= 4 is 5.97 Å². The van der Waals surface area contributed by atoms with Crippen molar-refractivity contribution in [3.05, 3.63) is 54.4 Å². The number of hydrogen-bond donors (Lipinski definition) is 1. The second-order valence-electron chi connectivity index (χ2n) is 4.07. The van der Waals surface area contributed by atoms with Crippen LogP contribution in [0.15, 0.2) is 48.8 Å². The van der Waals surface area contributed by atoms with E-state index >= 15 is 0 Å². The van der Waals surface area contributed by atoms with Crippen LogP contribution in [0.2, 0.25) is 0 Å². The van der Waals surface area contributed by atoms with Crippen molar-refractivity contribution in [2.75, 3.05) is 13.2 Å². The van der Waals surface area contributed by atoms with Crippen LogP contribution in [0.5, 0.6) is 11.5 Å². The number of rotatable bonds is 7. The molecule has 2 rings (SSSR count). The van der Waals surface area contributed by atoms with Crippen molar-refractivity contribution in [3.8, 4) is 11.5 Å². The summed E-state index contributed by atoms with van der Waals surface area (Å²) in [5, 5.41) is 8.86. The van der Waals surface area contributed by atoms with Crippen LogP contribution in [0.1, 0.15) is 16.8 Å². The lowest BCUT2D eigenvalue weighted by Gasteiger charge is -2.08. The fourth-order valence-corrected chi connectivity index (χ4v) is 1.59. The lowest BCUT2D eigenvalue weighted by Crippen LogP contribution is -2.05. The molecule has 0 amide bonds. The molecule has 0 atom stereocenters. The van der Waals surface area contributed by atoms with Gasteiger partial charge in [-0.2, -0.15) is 0 Å². The fourth-order valence-electron chi connectivity index (χ4n) is 1.59. The number of pyridine rings is 1. The van der Waals surface area contributed by atoms with Gasteiger partial charge < -0.3 is 14.6 Å². The van der Waals surface area contributed by atoms with Gasteiger partial charge in [-0.25, -0.2) is 4.79 Å². The molecule has 104 valence electrons. The number of carboxylic acid groups (broad SMARTS) is 1. The largest absolute Gasteiger partial charge is 0.493 e. The molecule has 0 unspecified atom stereocenters. The number of benzene rings is 1. The molecule has 0 radical (unpaired) electrons. The van der Waals surface area contributed by atoms with Crippen molar-refractivity contribution in [2.45, 2.75) is 6.42 Å². The minimum atomic E-state index is -0.963. The minimum absolute atomic E-state index is 0.217. The average Bonchev–Trinajstić information content (AvgIpc) is 2.48. The summed E-state index contributed by atoms with van der Waals surface area (Å²) in [6, 6.07) is 10.1. The molecule has 1 heterocycles. The van der Waals surface area contributed by atoms with Crippen molar-refractivity contribution in [2.24, 2.45) is 0 Å². The van der Waals surface area contributed by atoms with E-state index < -0.39 is 5.97 Å². The van der Waals surface area contributed by atoms with Crippen molar-refractivity contribution < 1.29 is 19.4 Å². The number of ether oxygens (including phenoxy) is 2. The first kappa shape index (κ1) is 13.9. The van der Waals surface area contributed by atoms with Crippen LogP contribution in [-0.2, 0) is 0 Å². The van der Waals surface area contributed by atoms with E-state index in [0.717, 1.165) is 5.75 Å². The summed E-state index contributed by atoms with van der Waals surface area (Å²) >= 11 is 0. The van der Waals surface area contributed by atoms with Gasteiger partial charge in [-0.05, 0) is 30.3 Å². The molecule has 1 N–H and O–H groups in total. The molecule has 1 aromatic heterocycles. The highest BCUT2D eigenvalue weighted by molar-refractivity contribution is 5.87. The van der Waals surface area contributed by atoms with Crippen LogP contribution in [-0.4, -0.2) is 29.3 Å². The maximum atomic E-state index is 10.8. The standard InChI is InChI=1S/C15H15NO4/c17-15(18)12-4-1-5-13(10-12)19-8-3-9-20-14-6-2-7-16-11-14/h1-2,4-7,10-11H,3,8-9H2,(H,17,18). The molecule has 5 nitrogen and oxygen atoms in total. The highest BCUT2D eigenvalue weighted by Crippen LogP contribution is 2.13. The molecule has 0 fully saturated rings. The highest BCUT2D eigenvalue weighted by atomic mass is 16.5. The lowest BCUT2D eigenvalue weighted by atomic mass is 10.2. The number of carbonyl (C=O) groups is 1. The monoisotopic (exact) mass is 273 g/mol. The zero-order chi connectivity index (χ0) is 14.2. The van der Waals surface area contributed by atoms with E-state index in [1.54, 1.807) is 24.5 Å². The van der Waals surface area contributed by atoms with E-state index in [1.807, 2.05) is 12.1 Å². The molecule has 0 aliphatic carbocycles. The normalized spacial score (nSPS) is 10.0. The highest BCUT2D eigenvalue weighted by Gasteiger charge is 2.03. The zero-order valence-electron chi connectivity index (χ0n) is 10.9. The van der Waals surface area contributed by atoms with Crippen LogP contribution >= 0.6 is 0 Å². The van der Waals surface area contributed by atoms with Crippen LogP contribution in [0.3, 0.4) is 0 Å². The summed E-state index contributed by atoms with van der Waals surface area (Å²) in [5.74, 6) is 0.307. The van der Waals surface area contributed by atoms with Crippen molar-refractivity contribution in [1.82, 2.24) is 4.98 Å². The average molecular weight is 273 g/mol. The Hall–Kier alpha value is -2.56. The Morgan fingerprint density at radius 2 is 1.85 bits per heavy atom. The quantitative estimate of drug-likeness (QED) is 0.785. The summed E-state index contributed by atoms with van der Waals surface area (Å²) in [5.41, 5.74) is 0.217. The molecule has 0 aliphatic heterocycles. The Bertz CT molecular complexity index is 557. The second kappa shape index (κ2) is 7.13. The van der Waals surface area contributed by atoms with E-state index in [0.29, 0.717) is 25.4 Å². The third-order valence-corrected chi connectivity index (χ3v) is 2.54. The topological polar surface area (TPSA) is 68.7 Å². The molecular weight excluding hydrogens is 258 g/mol. The van der Waals surface area contributed by atoms with Crippen molar-refractivity contribution in [1.29, 1.82) is 0 Å². The van der Waals surface area contributed by atoms with E-state index in [9.17, 15) is 4.79 Å². The Morgan fingerprint density at radius 3 is 2.55 bits per heavy atom. The van der Waals surface area contributed by atoms with Crippen LogP contribution < -0.4 is 9.47 Å². The third-order valence-electron chi connectivity index (χ3n) is 2.54. The second-order valence-corrected chi connectivity index (χ2v) is 4.07. The third kappa shape index (κ3) is 4.28. The predicted octanol–water partition coefficient (Wildman–Crippen LogP) is 2.63. The molecule has 0 aliphatic rings. The Kier molecular flexibility index (Phi) is 4.94. The number of aromatic nitrogens is 1. The molecule has 5 heteroatoms. The maximum absolute atomic E-state index is 10.8. The summed E-state index contributed by atoms with van der Waals surface area (Å²) in [6.07, 6.45) is 4.04. The SMILES string of the molecule is O=C(O)c1cccc(OCCCOc2cccnc2)c1. The van der Waals surface area contributed by atoms with Gasteiger partial charge in [0.2, 0.25) is 0 Å². The first-order valence-electron chi connectivity index (χ1n) is 6.25. The fraction of sp³-hybridized carbons (Fsp3) is 0.200. The molecule has 0 saturated heterocycles. The smallest absolute Gasteiger partial charge is 0.335 e. The first-order valence-corrected chi connectivity index (χ1v) is 6.25. The van der Waals surface area contributed by atoms with Gasteiger partial charge in [0.1, 0.15) is 11.5 Å². The number of hydrogen-bond acceptors (Lipinski definition) is 4. The summed E-state index contributed by atoms with van der Waals surface area (Å²) < 4.78 is 10.9. The maximum Gasteiger partial charge on any atom is 0.335 e. The van der Waals surface area contributed by atoms with Gasteiger partial charge in [-0.1, -0.05) is 6.07 Å². The van der Waals surface area contributed by atoms with Gasteiger partial charge in [0.25, 0.3) is 0 Å². The lowest BCUT2D eigenvalue weighted by molar-refractivity contribution is 0.0696. The Morgan fingerprint density at radius 1 is 1.10 bits per heavy atom. The van der Waals surface area contributed by atoms with E-state index in [4.69, 9.17) is 14.6 Å². The van der Waals surface area contributed by atoms with Gasteiger partial charge in [0, 0.05) is 12.6 Å². The van der Waals surface area contributed by atoms with Crippen LogP contribution in [0, 0.1) is 0 Å². The first-order chi connectivity index (χ1) is 9.75. The van der Waals surface area contributed by atoms with E-state index in [2.05, 4.69) is 4.98 Å². The number of aromatic carboxylic acids is 1. The number of nitrogens with zero attached hydrogens (tertiary/aromatic N) is 1. The Balaban J connectivity index is 1.71. The minimum Gasteiger partial charge on any atom is -0.493 e. The molecule has 20 heavy (non-hydrogen) atoms. The van der Waals surface area contributed by atoms with Crippen molar-refractivity contribution in [3.63, 3.8) is 0 Å². The van der Waals surface area contributed by atoms with Gasteiger partial charge in [-0.15, -0.1) is 0 Å². The molecular formula is C15H15NO4. The Labute approximate surface area is 116 Å². The molecule has 1 aromatic carbocycles. The molecule has 2 aromatic rings. The van der Waals surface area contributed by atoms with Crippen LogP contribution in [0.4, 0.5) is 0 Å². The summed E-state index contributed by atoms with van der Waals surface area (Å²) in [7, 11) is 0. The van der Waals surface area contributed by atoms with Gasteiger partial charge >= 0.3 is 5.97 Å². The summed E-state index contributed by atoms with van der Waals surface area (Å²) in [4.78, 5) is 14.8. The van der Waals surface area contributed by atoms with Crippen LogP contribution in [0.25, 0.3) is 0 Å². The molecule has 0 bridgehead atoms. The number of carboxylic acids is 1. The molecule has 0 saturated carbocycles. The summed E-state index contributed by atoms with van der Waals surface area (Å²) in [6.45, 7) is 0.980. The van der Waals surface area contributed by atoms with Gasteiger partial charge in [0.05, 0.1) is 25.0 Å². The zero-order valence-corrected chi connectivity index (χ0v) is 10.9. The van der Waals surface area contributed by atoms with E-state index in [1.165, 1.54) is 12.1 Å². The van der Waals surface area contributed by atoms with Gasteiger partial charge in [-0.3, -0.25) is 4.98 Å². The van der Waals surface area contributed by atoms with Gasteiger partial charge in [0.15, 0.2) is 0 Å². The van der Waals surface area contributed by atoms with E-state index in [-0.39, 0.29) is 5.56 Å².